The van der Waals surface area contributed by atoms with E-state index in [0.29, 0.717) is 6.42 Å². The van der Waals surface area contributed by atoms with Crippen molar-refractivity contribution in [1.29, 1.82) is 0 Å². The van der Waals surface area contributed by atoms with Crippen molar-refractivity contribution in [2.75, 3.05) is 13.1 Å². The number of rotatable bonds is 3. The third-order valence-electron chi connectivity index (χ3n) is 3.57. The normalized spacial score (nSPS) is 24.8. The molecule has 0 aromatic carbocycles. The fourth-order valence-electron chi connectivity index (χ4n) is 2.25. The average molecular weight is 303 g/mol. The van der Waals surface area contributed by atoms with E-state index in [1.54, 1.807) is 0 Å². The molecule has 0 radical (unpaired) electrons. The molecule has 20 heavy (non-hydrogen) atoms. The summed E-state index contributed by atoms with van der Waals surface area (Å²) in [6, 6.07) is 0. The van der Waals surface area contributed by atoms with Crippen molar-refractivity contribution in [2.24, 2.45) is 5.92 Å². The summed E-state index contributed by atoms with van der Waals surface area (Å²) in [4.78, 5) is 10.7. The number of hydrogen-bond acceptors (Lipinski definition) is 5. The second-order valence-electron chi connectivity index (χ2n) is 5.03. The van der Waals surface area contributed by atoms with Crippen LogP contribution in [0.5, 0.6) is 0 Å². The minimum absolute atomic E-state index is 0.0193. The largest absolute Gasteiger partial charge is 0.476 e. The lowest BCUT2D eigenvalue weighted by Crippen LogP contribution is -2.46. The number of β-amino-alcohol motifs (C(OH)–C–C–N with tert-alkyl or cyclic N) is 1. The first-order valence-electron chi connectivity index (χ1n) is 6.21. The monoisotopic (exact) mass is 303 g/mol. The number of aliphatic hydroxyl groups is 1. The van der Waals surface area contributed by atoms with Gasteiger partial charge < -0.3 is 10.2 Å². The maximum atomic E-state index is 12.5. The lowest BCUT2D eigenvalue weighted by Gasteiger charge is -2.33. The van der Waals surface area contributed by atoms with Gasteiger partial charge in [0.2, 0.25) is 10.0 Å². The molecular formula is C11H17N3O5S. The highest BCUT2D eigenvalue weighted by molar-refractivity contribution is 7.89. The Kier molecular flexibility index (Phi) is 3.85. The molecule has 9 heteroatoms. The first-order chi connectivity index (χ1) is 9.25. The molecule has 1 aliphatic rings. The molecule has 1 aromatic rings. The molecule has 0 saturated carbocycles. The topological polar surface area (TPSA) is 124 Å². The molecule has 0 bridgehead atoms. The molecule has 2 rings (SSSR count). The second-order valence-corrected chi connectivity index (χ2v) is 6.90. The second kappa shape index (κ2) is 5.15. The fraction of sp³-hybridized carbons (Fsp3) is 0.636. The minimum atomic E-state index is -3.98. The van der Waals surface area contributed by atoms with Crippen LogP contribution < -0.4 is 0 Å². The average Bonchev–Trinajstić information content (AvgIpc) is 2.75. The van der Waals surface area contributed by atoms with E-state index >= 15 is 0 Å². The number of aromatic nitrogens is 2. The minimum Gasteiger partial charge on any atom is -0.476 e. The molecule has 3 N–H and O–H groups in total. The Morgan fingerprint density at radius 2 is 2.15 bits per heavy atom. The highest BCUT2D eigenvalue weighted by Crippen LogP contribution is 2.27. The van der Waals surface area contributed by atoms with Gasteiger partial charge in [-0.25, -0.2) is 13.2 Å². The van der Waals surface area contributed by atoms with Crippen molar-refractivity contribution in [3.8, 4) is 0 Å². The number of carbonyl (C=O) groups is 1. The molecule has 2 atom stereocenters. The lowest BCUT2D eigenvalue weighted by molar-refractivity contribution is 0.0603. The lowest BCUT2D eigenvalue weighted by atomic mass is 9.98. The Morgan fingerprint density at radius 3 is 2.70 bits per heavy atom. The zero-order valence-electron chi connectivity index (χ0n) is 11.2. The van der Waals surface area contributed by atoms with Gasteiger partial charge in [0.15, 0.2) is 5.69 Å². The predicted molar refractivity (Wildman–Crippen MR) is 68.8 cm³/mol. The molecule has 8 nitrogen and oxygen atoms in total. The smallest absolute Gasteiger partial charge is 0.357 e. The van der Waals surface area contributed by atoms with Crippen molar-refractivity contribution >= 4 is 16.0 Å². The zero-order chi connectivity index (χ0) is 15.1. The van der Waals surface area contributed by atoms with E-state index in [2.05, 4.69) is 10.2 Å². The summed E-state index contributed by atoms with van der Waals surface area (Å²) < 4.78 is 26.2. The van der Waals surface area contributed by atoms with E-state index in [1.165, 1.54) is 6.92 Å². The number of aliphatic hydroxyl groups excluding tert-OH is 1. The Bertz CT molecular complexity index is 624. The van der Waals surface area contributed by atoms with Crippen LogP contribution in [0.2, 0.25) is 0 Å². The molecule has 0 spiro atoms. The summed E-state index contributed by atoms with van der Waals surface area (Å²) in [7, 11) is -3.98. The van der Waals surface area contributed by atoms with Crippen LogP contribution in [0.25, 0.3) is 0 Å². The Balaban J connectivity index is 2.41. The Labute approximate surface area is 116 Å². The van der Waals surface area contributed by atoms with Gasteiger partial charge in [-0.05, 0) is 19.3 Å². The maximum absolute atomic E-state index is 12.5. The Hall–Kier alpha value is -1.45. The van der Waals surface area contributed by atoms with Crippen molar-refractivity contribution < 1.29 is 23.4 Å². The van der Waals surface area contributed by atoms with E-state index < -0.39 is 27.8 Å². The third kappa shape index (κ3) is 2.43. The predicted octanol–water partition coefficient (Wildman–Crippen LogP) is -0.192. The molecule has 0 amide bonds. The van der Waals surface area contributed by atoms with Crippen LogP contribution in [0.4, 0.5) is 0 Å². The molecule has 1 saturated heterocycles. The van der Waals surface area contributed by atoms with E-state index in [1.807, 2.05) is 6.92 Å². The van der Waals surface area contributed by atoms with E-state index in [-0.39, 0.29) is 29.6 Å². The summed E-state index contributed by atoms with van der Waals surface area (Å²) >= 11 is 0. The first kappa shape index (κ1) is 14.9. The molecule has 1 aromatic heterocycles. The van der Waals surface area contributed by atoms with Crippen molar-refractivity contribution in [3.63, 3.8) is 0 Å². The van der Waals surface area contributed by atoms with Gasteiger partial charge in [0.25, 0.3) is 0 Å². The van der Waals surface area contributed by atoms with Gasteiger partial charge in [0.1, 0.15) is 4.90 Å². The number of aryl methyl sites for hydroxylation is 1. The van der Waals surface area contributed by atoms with Crippen LogP contribution in [-0.2, 0) is 10.0 Å². The van der Waals surface area contributed by atoms with Crippen LogP contribution >= 0.6 is 0 Å². The summed E-state index contributed by atoms with van der Waals surface area (Å²) in [5, 5.41) is 24.7. The number of aromatic amines is 1. The van der Waals surface area contributed by atoms with Crippen molar-refractivity contribution in [1.82, 2.24) is 14.5 Å². The van der Waals surface area contributed by atoms with Gasteiger partial charge in [-0.2, -0.15) is 9.40 Å². The summed E-state index contributed by atoms with van der Waals surface area (Å²) in [5.74, 6) is -1.38. The van der Waals surface area contributed by atoms with E-state index in [4.69, 9.17) is 5.11 Å². The van der Waals surface area contributed by atoms with Crippen LogP contribution in [0, 0.1) is 12.8 Å². The fourth-order valence-corrected chi connectivity index (χ4v) is 4.01. The maximum Gasteiger partial charge on any atom is 0.357 e. The molecule has 112 valence electrons. The van der Waals surface area contributed by atoms with E-state index in [9.17, 15) is 18.3 Å². The summed E-state index contributed by atoms with van der Waals surface area (Å²) in [6.45, 7) is 3.52. The number of carboxylic acid groups (broad SMARTS) is 1. The van der Waals surface area contributed by atoms with Crippen LogP contribution in [0.3, 0.4) is 0 Å². The first-order valence-corrected chi connectivity index (χ1v) is 7.65. The number of sulfonamides is 1. The highest BCUT2D eigenvalue weighted by atomic mass is 32.2. The van der Waals surface area contributed by atoms with Crippen LogP contribution in [0.1, 0.15) is 29.5 Å². The third-order valence-corrected chi connectivity index (χ3v) is 5.60. The number of carboxylic acids is 1. The van der Waals surface area contributed by atoms with Gasteiger partial charge in [-0.3, -0.25) is 5.10 Å². The van der Waals surface area contributed by atoms with Crippen molar-refractivity contribution in [3.05, 3.63) is 11.4 Å². The van der Waals surface area contributed by atoms with E-state index in [0.717, 1.165) is 4.31 Å². The SMILES string of the molecule is Cc1[nH]nc(C(=O)O)c1S(=O)(=O)N1CCC(C)C(O)C1. The number of hydrogen-bond donors (Lipinski definition) is 3. The van der Waals surface area contributed by atoms with Gasteiger partial charge in [-0.1, -0.05) is 6.92 Å². The Morgan fingerprint density at radius 1 is 1.50 bits per heavy atom. The quantitative estimate of drug-likeness (QED) is 0.711. The molecule has 2 heterocycles. The zero-order valence-corrected chi connectivity index (χ0v) is 12.0. The molecule has 1 aliphatic heterocycles. The number of H-pyrrole nitrogens is 1. The highest BCUT2D eigenvalue weighted by Gasteiger charge is 2.37. The molecule has 2 unspecified atom stereocenters. The standard InChI is InChI=1S/C11H17N3O5S/c1-6-3-4-14(5-8(6)15)20(18,19)10-7(2)12-13-9(10)11(16)17/h6,8,15H,3-5H2,1-2H3,(H,12,13)(H,16,17). The molecule has 0 aliphatic carbocycles. The van der Waals surface area contributed by atoms with Gasteiger partial charge in [-0.15, -0.1) is 0 Å². The number of aromatic carboxylic acids is 1. The van der Waals surface area contributed by atoms with Gasteiger partial charge >= 0.3 is 5.97 Å². The number of nitrogens with zero attached hydrogens (tertiary/aromatic N) is 2. The van der Waals surface area contributed by atoms with Gasteiger partial charge in [0.05, 0.1) is 11.8 Å². The summed E-state index contributed by atoms with van der Waals surface area (Å²) in [5.41, 5.74) is -0.342. The van der Waals surface area contributed by atoms with Crippen LogP contribution in [0.15, 0.2) is 4.90 Å². The number of nitrogens with one attached hydrogen (secondary N) is 1. The van der Waals surface area contributed by atoms with Crippen molar-refractivity contribution in [2.45, 2.75) is 31.3 Å². The number of piperidine rings is 1. The molecule has 1 fully saturated rings. The molecular weight excluding hydrogens is 286 g/mol. The summed E-state index contributed by atoms with van der Waals surface area (Å²) in [6.07, 6.45) is -0.223. The van der Waals surface area contributed by atoms with Crippen LogP contribution in [-0.4, -0.2) is 58.3 Å². The van der Waals surface area contributed by atoms with Gasteiger partial charge in [0, 0.05) is 13.1 Å².